The van der Waals surface area contributed by atoms with Crippen LogP contribution in [0.2, 0.25) is 0 Å². The number of aryl methyl sites for hydroxylation is 1. The third-order valence-electron chi connectivity index (χ3n) is 5.57. The van der Waals surface area contributed by atoms with Crippen LogP contribution < -0.4 is 5.32 Å². The van der Waals surface area contributed by atoms with Crippen molar-refractivity contribution in [3.63, 3.8) is 0 Å². The molecule has 138 valence electrons. The highest BCUT2D eigenvalue weighted by Crippen LogP contribution is 2.28. The number of amides is 2. The predicted octanol–water partition coefficient (Wildman–Crippen LogP) is 4.45. The van der Waals surface area contributed by atoms with Gasteiger partial charge in [0.25, 0.3) is 0 Å². The van der Waals surface area contributed by atoms with Crippen LogP contribution >= 0.6 is 0 Å². The van der Waals surface area contributed by atoms with Gasteiger partial charge in [0.15, 0.2) is 0 Å². The standard InChI is InChI=1S/C21H32N2O2/c1-5-16(3)23(21(25)13-18-10-6-7-11-18)14-20(24)22-19-12-8-9-15(2)17(19)4/h8-9,12,16,18H,5-7,10-11,13-14H2,1-4H3,(H,22,24). The maximum absolute atomic E-state index is 12.8. The average Bonchev–Trinajstić information content (AvgIpc) is 3.09. The lowest BCUT2D eigenvalue weighted by Gasteiger charge is -2.29. The lowest BCUT2D eigenvalue weighted by atomic mass is 10.0. The van der Waals surface area contributed by atoms with E-state index in [-0.39, 0.29) is 24.4 Å². The molecule has 0 spiro atoms. The van der Waals surface area contributed by atoms with Crippen molar-refractivity contribution in [2.75, 3.05) is 11.9 Å². The quantitative estimate of drug-likeness (QED) is 0.794. The van der Waals surface area contributed by atoms with Crippen LogP contribution in [-0.4, -0.2) is 29.3 Å². The summed E-state index contributed by atoms with van der Waals surface area (Å²) >= 11 is 0. The highest BCUT2D eigenvalue weighted by molar-refractivity contribution is 5.95. The second-order valence-electron chi connectivity index (χ2n) is 7.43. The lowest BCUT2D eigenvalue weighted by molar-refractivity contribution is -0.137. The summed E-state index contributed by atoms with van der Waals surface area (Å²) in [6.07, 6.45) is 6.20. The highest BCUT2D eigenvalue weighted by atomic mass is 16.2. The van der Waals surface area contributed by atoms with Crippen LogP contribution in [0.25, 0.3) is 0 Å². The molecule has 1 saturated carbocycles. The van der Waals surface area contributed by atoms with Gasteiger partial charge in [-0.1, -0.05) is 31.9 Å². The molecule has 0 aliphatic heterocycles. The molecular formula is C21H32N2O2. The van der Waals surface area contributed by atoms with Crippen LogP contribution in [0.3, 0.4) is 0 Å². The molecule has 4 nitrogen and oxygen atoms in total. The molecule has 0 saturated heterocycles. The molecule has 0 radical (unpaired) electrons. The van der Waals surface area contributed by atoms with Crippen LogP contribution in [0, 0.1) is 19.8 Å². The highest BCUT2D eigenvalue weighted by Gasteiger charge is 2.26. The van der Waals surface area contributed by atoms with Crippen molar-refractivity contribution in [1.29, 1.82) is 0 Å². The Kier molecular flexibility index (Phi) is 7.03. The molecule has 1 aliphatic rings. The lowest BCUT2D eigenvalue weighted by Crippen LogP contribution is -2.44. The number of hydrogen-bond acceptors (Lipinski definition) is 2. The summed E-state index contributed by atoms with van der Waals surface area (Å²) in [5, 5.41) is 2.98. The van der Waals surface area contributed by atoms with E-state index in [1.165, 1.54) is 12.8 Å². The second-order valence-corrected chi connectivity index (χ2v) is 7.43. The van der Waals surface area contributed by atoms with Crippen LogP contribution in [0.4, 0.5) is 5.69 Å². The Balaban J connectivity index is 2.01. The van der Waals surface area contributed by atoms with Crippen molar-refractivity contribution < 1.29 is 9.59 Å². The predicted molar refractivity (Wildman–Crippen MR) is 103 cm³/mol. The number of rotatable bonds is 7. The Labute approximate surface area is 152 Å². The zero-order valence-corrected chi connectivity index (χ0v) is 16.1. The topological polar surface area (TPSA) is 49.4 Å². The number of carbonyl (C=O) groups is 2. The Morgan fingerprint density at radius 3 is 2.56 bits per heavy atom. The number of nitrogens with one attached hydrogen (secondary N) is 1. The molecule has 1 unspecified atom stereocenters. The molecule has 1 fully saturated rings. The zero-order chi connectivity index (χ0) is 18.4. The van der Waals surface area contributed by atoms with Gasteiger partial charge in [0.05, 0.1) is 0 Å². The van der Waals surface area contributed by atoms with Crippen LogP contribution in [0.5, 0.6) is 0 Å². The third kappa shape index (κ3) is 5.32. The van der Waals surface area contributed by atoms with Crippen molar-refractivity contribution in [2.24, 2.45) is 5.92 Å². The average molecular weight is 344 g/mol. The number of carbonyl (C=O) groups excluding carboxylic acids is 2. The van der Waals surface area contributed by atoms with E-state index >= 15 is 0 Å². The van der Waals surface area contributed by atoms with Gasteiger partial charge in [-0.3, -0.25) is 9.59 Å². The first-order valence-electron chi connectivity index (χ1n) is 9.57. The zero-order valence-electron chi connectivity index (χ0n) is 16.1. The van der Waals surface area contributed by atoms with E-state index < -0.39 is 0 Å². The summed E-state index contributed by atoms with van der Waals surface area (Å²) in [7, 11) is 0. The SMILES string of the molecule is CCC(C)N(CC(=O)Nc1cccc(C)c1C)C(=O)CC1CCCC1. The van der Waals surface area contributed by atoms with Crippen LogP contribution in [0.1, 0.15) is 63.5 Å². The second kappa shape index (κ2) is 9.02. The molecule has 25 heavy (non-hydrogen) atoms. The molecule has 1 atom stereocenters. The summed E-state index contributed by atoms with van der Waals surface area (Å²) in [6, 6.07) is 5.96. The van der Waals surface area contributed by atoms with Gasteiger partial charge in [0.2, 0.25) is 11.8 Å². The van der Waals surface area contributed by atoms with Crippen molar-refractivity contribution in [3.05, 3.63) is 29.3 Å². The Morgan fingerprint density at radius 1 is 1.24 bits per heavy atom. The number of nitrogens with zero attached hydrogens (tertiary/aromatic N) is 1. The fourth-order valence-electron chi connectivity index (χ4n) is 3.52. The molecule has 2 amide bonds. The minimum atomic E-state index is -0.117. The fraction of sp³-hybridized carbons (Fsp3) is 0.619. The van der Waals surface area contributed by atoms with Gasteiger partial charge in [-0.15, -0.1) is 0 Å². The van der Waals surface area contributed by atoms with Crippen LogP contribution in [-0.2, 0) is 9.59 Å². The molecular weight excluding hydrogens is 312 g/mol. The molecule has 1 aliphatic carbocycles. The summed E-state index contributed by atoms with van der Waals surface area (Å²) in [6.45, 7) is 8.25. The largest absolute Gasteiger partial charge is 0.331 e. The first-order valence-corrected chi connectivity index (χ1v) is 9.57. The maximum atomic E-state index is 12.8. The van der Waals surface area contributed by atoms with E-state index in [4.69, 9.17) is 0 Å². The minimum Gasteiger partial charge on any atom is -0.331 e. The molecule has 1 aromatic carbocycles. The van der Waals surface area contributed by atoms with Gasteiger partial charge in [-0.25, -0.2) is 0 Å². The number of benzene rings is 1. The van der Waals surface area contributed by atoms with Gasteiger partial charge < -0.3 is 10.2 Å². The van der Waals surface area contributed by atoms with Gasteiger partial charge in [0, 0.05) is 18.2 Å². The molecule has 0 aromatic heterocycles. The van der Waals surface area contributed by atoms with Gasteiger partial charge in [-0.2, -0.15) is 0 Å². The Bertz CT molecular complexity index is 606. The van der Waals surface area contributed by atoms with Crippen molar-refractivity contribution in [1.82, 2.24) is 4.90 Å². The summed E-state index contributed by atoms with van der Waals surface area (Å²) in [4.78, 5) is 27.1. The van der Waals surface area contributed by atoms with E-state index in [0.29, 0.717) is 12.3 Å². The Morgan fingerprint density at radius 2 is 1.92 bits per heavy atom. The van der Waals surface area contributed by atoms with Gasteiger partial charge in [-0.05, 0) is 63.1 Å². The smallest absolute Gasteiger partial charge is 0.244 e. The van der Waals surface area contributed by atoms with E-state index in [2.05, 4.69) is 12.2 Å². The molecule has 1 N–H and O–H groups in total. The molecule has 0 bridgehead atoms. The molecule has 0 heterocycles. The molecule has 1 aromatic rings. The molecule has 2 rings (SSSR count). The fourth-order valence-corrected chi connectivity index (χ4v) is 3.52. The van der Waals surface area contributed by atoms with E-state index in [1.807, 2.05) is 39.0 Å². The van der Waals surface area contributed by atoms with Crippen molar-refractivity contribution >= 4 is 17.5 Å². The van der Waals surface area contributed by atoms with Gasteiger partial charge >= 0.3 is 0 Å². The van der Waals surface area contributed by atoms with E-state index in [1.54, 1.807) is 4.90 Å². The summed E-state index contributed by atoms with van der Waals surface area (Å²) in [5.41, 5.74) is 3.05. The minimum absolute atomic E-state index is 0.0817. The molecule has 4 heteroatoms. The number of anilines is 1. The van der Waals surface area contributed by atoms with E-state index in [0.717, 1.165) is 36.1 Å². The Hall–Kier alpha value is -1.84. The normalized spacial score (nSPS) is 15.8. The van der Waals surface area contributed by atoms with Crippen LogP contribution in [0.15, 0.2) is 18.2 Å². The van der Waals surface area contributed by atoms with Crippen molar-refractivity contribution in [2.45, 2.75) is 72.3 Å². The summed E-state index contributed by atoms with van der Waals surface area (Å²) in [5.74, 6) is 0.507. The first-order chi connectivity index (χ1) is 11.9. The number of hydrogen-bond donors (Lipinski definition) is 1. The monoisotopic (exact) mass is 344 g/mol. The third-order valence-corrected chi connectivity index (χ3v) is 5.57. The van der Waals surface area contributed by atoms with E-state index in [9.17, 15) is 9.59 Å². The maximum Gasteiger partial charge on any atom is 0.244 e. The summed E-state index contributed by atoms with van der Waals surface area (Å²) < 4.78 is 0. The first kappa shape index (κ1) is 19.5. The van der Waals surface area contributed by atoms with Crippen molar-refractivity contribution in [3.8, 4) is 0 Å². The van der Waals surface area contributed by atoms with Gasteiger partial charge in [0.1, 0.15) is 6.54 Å².